The van der Waals surface area contributed by atoms with Gasteiger partial charge in [-0.2, -0.15) is 0 Å². The molecular weight excluding hydrogens is 264 g/mol. The topological polar surface area (TPSA) is 42.3 Å². The van der Waals surface area contributed by atoms with E-state index in [2.05, 4.69) is 53.3 Å². The maximum absolute atomic E-state index is 5.05. The molecule has 5 heteroatoms. The predicted molar refractivity (Wildman–Crippen MR) is 87.5 cm³/mol. The van der Waals surface area contributed by atoms with E-state index >= 15 is 0 Å². The Bertz CT molecular complexity index is 531. The molecule has 2 aromatic rings. The Morgan fingerprint density at radius 1 is 1.19 bits per heavy atom. The van der Waals surface area contributed by atoms with Gasteiger partial charge in [-0.1, -0.05) is 0 Å². The van der Waals surface area contributed by atoms with Crippen molar-refractivity contribution in [1.29, 1.82) is 0 Å². The molecule has 0 fully saturated rings. The van der Waals surface area contributed by atoms with Crippen LogP contribution in [0.25, 0.3) is 5.69 Å². The molecule has 1 aromatic carbocycles. The van der Waals surface area contributed by atoms with E-state index in [4.69, 9.17) is 4.74 Å². The first-order valence-electron chi connectivity index (χ1n) is 7.41. The largest absolute Gasteiger partial charge is 0.383 e. The Kier molecular flexibility index (Phi) is 5.63. The van der Waals surface area contributed by atoms with Crippen molar-refractivity contribution in [2.45, 2.75) is 13.8 Å². The molecule has 0 radical (unpaired) electrons. The van der Waals surface area contributed by atoms with Crippen LogP contribution in [0.2, 0.25) is 0 Å². The molecular formula is C16H24N4O. The second-order valence-electron chi connectivity index (χ2n) is 4.73. The molecule has 0 saturated heterocycles. The molecule has 0 aliphatic heterocycles. The molecule has 0 unspecified atom stereocenters. The van der Waals surface area contributed by atoms with E-state index in [9.17, 15) is 0 Å². The molecule has 0 aliphatic rings. The third-order valence-corrected chi connectivity index (χ3v) is 3.49. The standard InChI is InChI=1S/C16H24N4O/c1-4-19(5-2)14-6-8-15(9-7-14)20-12-10-17-16(20)18-11-13-21-3/h6-10,12H,4-5,11,13H2,1-3H3,(H,17,18). The summed E-state index contributed by atoms with van der Waals surface area (Å²) in [6, 6.07) is 8.55. The summed E-state index contributed by atoms with van der Waals surface area (Å²) in [6.45, 7) is 7.78. The quantitative estimate of drug-likeness (QED) is 0.759. The molecule has 0 atom stereocenters. The van der Waals surface area contributed by atoms with E-state index in [1.807, 2.05) is 10.8 Å². The van der Waals surface area contributed by atoms with Crippen LogP contribution in [-0.4, -0.2) is 42.9 Å². The highest BCUT2D eigenvalue weighted by molar-refractivity contribution is 5.52. The van der Waals surface area contributed by atoms with Crippen molar-refractivity contribution in [1.82, 2.24) is 9.55 Å². The number of nitrogens with zero attached hydrogens (tertiary/aromatic N) is 3. The van der Waals surface area contributed by atoms with Gasteiger partial charge in [0.25, 0.3) is 0 Å². The summed E-state index contributed by atoms with van der Waals surface area (Å²) in [5.41, 5.74) is 2.35. The third kappa shape index (κ3) is 3.76. The van der Waals surface area contributed by atoms with E-state index in [1.54, 1.807) is 13.3 Å². The number of benzene rings is 1. The minimum absolute atomic E-state index is 0.660. The summed E-state index contributed by atoms with van der Waals surface area (Å²) in [7, 11) is 1.69. The first-order chi connectivity index (χ1) is 10.3. The Labute approximate surface area is 126 Å². The van der Waals surface area contributed by atoms with Crippen LogP contribution in [0.15, 0.2) is 36.7 Å². The highest BCUT2D eigenvalue weighted by atomic mass is 16.5. The number of hydrogen-bond donors (Lipinski definition) is 1. The van der Waals surface area contributed by atoms with Gasteiger partial charge in [0, 0.05) is 50.5 Å². The van der Waals surface area contributed by atoms with Gasteiger partial charge in [-0.25, -0.2) is 4.98 Å². The lowest BCUT2D eigenvalue weighted by Gasteiger charge is -2.21. The van der Waals surface area contributed by atoms with Gasteiger partial charge in [0.05, 0.1) is 6.61 Å². The number of aromatic nitrogens is 2. The third-order valence-electron chi connectivity index (χ3n) is 3.49. The van der Waals surface area contributed by atoms with Crippen LogP contribution < -0.4 is 10.2 Å². The van der Waals surface area contributed by atoms with Crippen LogP contribution in [0.1, 0.15) is 13.8 Å². The summed E-state index contributed by atoms with van der Waals surface area (Å²) in [5.74, 6) is 0.836. The zero-order valence-electron chi connectivity index (χ0n) is 13.0. The van der Waals surface area contributed by atoms with Crippen molar-refractivity contribution in [3.05, 3.63) is 36.7 Å². The number of ether oxygens (including phenoxy) is 1. The van der Waals surface area contributed by atoms with Crippen molar-refractivity contribution < 1.29 is 4.74 Å². The van der Waals surface area contributed by atoms with Gasteiger partial charge in [-0.15, -0.1) is 0 Å². The molecule has 114 valence electrons. The number of methoxy groups -OCH3 is 1. The fourth-order valence-electron chi connectivity index (χ4n) is 2.32. The lowest BCUT2D eigenvalue weighted by Crippen LogP contribution is -2.21. The van der Waals surface area contributed by atoms with Crippen LogP contribution in [0.5, 0.6) is 0 Å². The Morgan fingerprint density at radius 3 is 2.52 bits per heavy atom. The van der Waals surface area contributed by atoms with Crippen LogP contribution in [0.4, 0.5) is 11.6 Å². The summed E-state index contributed by atoms with van der Waals surface area (Å²) >= 11 is 0. The van der Waals surface area contributed by atoms with Gasteiger partial charge >= 0.3 is 0 Å². The highest BCUT2D eigenvalue weighted by Gasteiger charge is 2.06. The molecule has 0 saturated carbocycles. The number of imidazole rings is 1. The number of nitrogens with one attached hydrogen (secondary N) is 1. The molecule has 1 aromatic heterocycles. The normalized spacial score (nSPS) is 10.6. The average Bonchev–Trinajstić information content (AvgIpc) is 2.98. The van der Waals surface area contributed by atoms with Crippen LogP contribution in [0.3, 0.4) is 0 Å². The smallest absolute Gasteiger partial charge is 0.207 e. The van der Waals surface area contributed by atoms with Gasteiger partial charge in [0.2, 0.25) is 5.95 Å². The van der Waals surface area contributed by atoms with E-state index in [0.29, 0.717) is 6.61 Å². The van der Waals surface area contributed by atoms with E-state index in [0.717, 1.165) is 31.3 Å². The van der Waals surface area contributed by atoms with Crippen LogP contribution >= 0.6 is 0 Å². The van der Waals surface area contributed by atoms with Gasteiger partial charge in [0.1, 0.15) is 0 Å². The molecule has 2 rings (SSSR count). The molecule has 0 amide bonds. The van der Waals surface area contributed by atoms with Gasteiger partial charge in [-0.05, 0) is 38.1 Å². The van der Waals surface area contributed by atoms with Crippen LogP contribution in [-0.2, 0) is 4.74 Å². The first kappa shape index (κ1) is 15.4. The zero-order valence-corrected chi connectivity index (χ0v) is 13.0. The summed E-state index contributed by atoms with van der Waals surface area (Å²) in [6.07, 6.45) is 3.76. The second kappa shape index (κ2) is 7.69. The highest BCUT2D eigenvalue weighted by Crippen LogP contribution is 2.19. The van der Waals surface area contributed by atoms with E-state index in [-0.39, 0.29) is 0 Å². The van der Waals surface area contributed by atoms with Crippen LogP contribution in [0, 0.1) is 0 Å². The molecule has 1 N–H and O–H groups in total. The summed E-state index contributed by atoms with van der Waals surface area (Å²) in [4.78, 5) is 6.67. The Balaban J connectivity index is 2.13. The van der Waals surface area contributed by atoms with E-state index in [1.165, 1.54) is 5.69 Å². The molecule has 21 heavy (non-hydrogen) atoms. The van der Waals surface area contributed by atoms with Crippen molar-refractivity contribution in [3.8, 4) is 5.69 Å². The molecule has 0 bridgehead atoms. The van der Waals surface area contributed by atoms with Crippen molar-refractivity contribution in [2.24, 2.45) is 0 Å². The Hall–Kier alpha value is -2.01. The first-order valence-corrected chi connectivity index (χ1v) is 7.41. The summed E-state index contributed by atoms with van der Waals surface area (Å²) in [5, 5.41) is 3.27. The molecule has 0 spiro atoms. The predicted octanol–water partition coefficient (Wildman–Crippen LogP) is 2.78. The molecule has 0 aliphatic carbocycles. The lowest BCUT2D eigenvalue weighted by atomic mass is 10.2. The Morgan fingerprint density at radius 2 is 1.90 bits per heavy atom. The fourth-order valence-corrected chi connectivity index (χ4v) is 2.32. The summed E-state index contributed by atoms with van der Waals surface area (Å²) < 4.78 is 7.09. The maximum Gasteiger partial charge on any atom is 0.207 e. The monoisotopic (exact) mass is 288 g/mol. The number of hydrogen-bond acceptors (Lipinski definition) is 4. The number of anilines is 2. The molecule has 1 heterocycles. The van der Waals surface area contributed by atoms with Gasteiger partial charge in [0.15, 0.2) is 0 Å². The lowest BCUT2D eigenvalue weighted by molar-refractivity contribution is 0.210. The van der Waals surface area contributed by atoms with Crippen molar-refractivity contribution in [3.63, 3.8) is 0 Å². The van der Waals surface area contributed by atoms with Crippen molar-refractivity contribution in [2.75, 3.05) is 43.6 Å². The zero-order chi connectivity index (χ0) is 15.1. The number of rotatable bonds is 8. The minimum Gasteiger partial charge on any atom is -0.383 e. The average molecular weight is 288 g/mol. The van der Waals surface area contributed by atoms with Crippen molar-refractivity contribution >= 4 is 11.6 Å². The van der Waals surface area contributed by atoms with Gasteiger partial charge in [-0.3, -0.25) is 4.57 Å². The second-order valence-corrected chi connectivity index (χ2v) is 4.73. The van der Waals surface area contributed by atoms with E-state index < -0.39 is 0 Å². The van der Waals surface area contributed by atoms with Gasteiger partial charge < -0.3 is 15.0 Å². The molecule has 5 nitrogen and oxygen atoms in total. The maximum atomic E-state index is 5.05. The minimum atomic E-state index is 0.660. The SMILES string of the molecule is CCN(CC)c1ccc(-n2ccnc2NCCOC)cc1. The fraction of sp³-hybridized carbons (Fsp3) is 0.438.